The van der Waals surface area contributed by atoms with Gasteiger partial charge in [-0.2, -0.15) is 5.10 Å². The first kappa shape index (κ1) is 17.7. The Morgan fingerprint density at radius 1 is 1.30 bits per heavy atom. The van der Waals surface area contributed by atoms with Crippen LogP contribution in [-0.2, 0) is 4.74 Å². The minimum atomic E-state index is 0.554. The van der Waals surface area contributed by atoms with Crippen LogP contribution < -0.4 is 20.5 Å². The van der Waals surface area contributed by atoms with Gasteiger partial charge in [0.05, 0.1) is 32.5 Å². The van der Waals surface area contributed by atoms with Gasteiger partial charge in [0.1, 0.15) is 13.1 Å². The maximum Gasteiger partial charge on any atom is 0.187 e. The van der Waals surface area contributed by atoms with Crippen LogP contribution in [0.1, 0.15) is 5.56 Å². The van der Waals surface area contributed by atoms with Crippen LogP contribution in [-0.4, -0.2) is 64.8 Å². The molecule has 6 nitrogen and oxygen atoms in total. The van der Waals surface area contributed by atoms with E-state index in [4.69, 9.17) is 17.0 Å². The van der Waals surface area contributed by atoms with E-state index in [0.29, 0.717) is 5.11 Å². The topological polar surface area (TPSA) is 53.3 Å². The van der Waals surface area contributed by atoms with Crippen LogP contribution in [0.4, 0.5) is 5.69 Å². The fourth-order valence-corrected chi connectivity index (χ4v) is 2.48. The molecule has 1 heterocycles. The normalized spacial score (nSPS) is 15.6. The Bertz CT molecular complexity index is 512. The lowest BCUT2D eigenvalue weighted by molar-refractivity contribution is -0.906. The van der Waals surface area contributed by atoms with Crippen molar-refractivity contribution < 1.29 is 9.64 Å². The third kappa shape index (κ3) is 6.52. The lowest BCUT2D eigenvalue weighted by atomic mass is 10.2. The third-order valence-corrected chi connectivity index (χ3v) is 3.99. The molecule has 0 aliphatic carbocycles. The SMILES string of the molecule is CN(C)c1ccc(/C=N\NC(=S)NCC[NH+]2CCOCC2)cc1. The van der Waals surface area contributed by atoms with Gasteiger partial charge in [-0.3, -0.25) is 5.43 Å². The van der Waals surface area contributed by atoms with Crippen molar-refractivity contribution in [2.75, 3.05) is 58.4 Å². The van der Waals surface area contributed by atoms with Crippen LogP contribution in [0.15, 0.2) is 29.4 Å². The van der Waals surface area contributed by atoms with Gasteiger partial charge >= 0.3 is 0 Å². The molecule has 1 saturated heterocycles. The number of quaternary nitrogens is 1. The molecule has 0 bridgehead atoms. The highest BCUT2D eigenvalue weighted by Crippen LogP contribution is 2.10. The standard InChI is InChI=1S/C16H25N5OS/c1-20(2)15-5-3-14(4-6-15)13-18-19-16(23)17-7-8-21-9-11-22-12-10-21/h3-6,13H,7-12H2,1-2H3,(H2,17,19,23)/p+1/b18-13-. The van der Waals surface area contributed by atoms with E-state index in [-0.39, 0.29) is 0 Å². The molecule has 0 atom stereocenters. The van der Waals surface area contributed by atoms with Crippen LogP contribution in [0.2, 0.25) is 0 Å². The number of morpholine rings is 1. The first-order valence-electron chi connectivity index (χ1n) is 7.91. The van der Waals surface area contributed by atoms with E-state index in [2.05, 4.69) is 32.9 Å². The summed E-state index contributed by atoms with van der Waals surface area (Å²) in [6.45, 7) is 5.74. The van der Waals surface area contributed by atoms with E-state index in [1.165, 1.54) is 0 Å². The summed E-state index contributed by atoms with van der Waals surface area (Å²) in [5.41, 5.74) is 5.05. The molecule has 7 heteroatoms. The number of thiocarbonyl (C=S) groups is 1. The number of hydrogen-bond donors (Lipinski definition) is 3. The van der Waals surface area contributed by atoms with Crippen molar-refractivity contribution in [2.24, 2.45) is 5.10 Å². The van der Waals surface area contributed by atoms with Gasteiger partial charge < -0.3 is 19.9 Å². The predicted molar refractivity (Wildman–Crippen MR) is 98.5 cm³/mol. The average Bonchev–Trinajstić information content (AvgIpc) is 2.56. The zero-order chi connectivity index (χ0) is 16.5. The van der Waals surface area contributed by atoms with Gasteiger partial charge in [0, 0.05) is 19.8 Å². The van der Waals surface area contributed by atoms with Crippen molar-refractivity contribution in [1.82, 2.24) is 10.7 Å². The minimum Gasteiger partial charge on any atom is -0.378 e. The number of anilines is 1. The Morgan fingerprint density at radius 3 is 2.65 bits per heavy atom. The zero-order valence-electron chi connectivity index (χ0n) is 13.8. The Kier molecular flexibility index (Phi) is 7.25. The second-order valence-corrected chi connectivity index (χ2v) is 6.13. The lowest BCUT2D eigenvalue weighted by Crippen LogP contribution is -3.14. The molecule has 1 aromatic carbocycles. The van der Waals surface area contributed by atoms with Crippen molar-refractivity contribution >= 4 is 29.2 Å². The Morgan fingerprint density at radius 2 is 2.00 bits per heavy atom. The summed E-state index contributed by atoms with van der Waals surface area (Å²) in [7, 11) is 4.04. The van der Waals surface area contributed by atoms with Gasteiger partial charge in [-0.15, -0.1) is 0 Å². The quantitative estimate of drug-likeness (QED) is 0.370. The summed E-state index contributed by atoms with van der Waals surface area (Å²) in [6, 6.07) is 8.17. The van der Waals surface area contributed by atoms with Crippen molar-refractivity contribution in [1.29, 1.82) is 0 Å². The minimum absolute atomic E-state index is 0.554. The van der Waals surface area contributed by atoms with E-state index in [0.717, 1.165) is 50.6 Å². The third-order valence-electron chi connectivity index (χ3n) is 3.75. The number of benzene rings is 1. The number of ether oxygens (including phenoxy) is 1. The molecule has 1 fully saturated rings. The number of nitrogens with one attached hydrogen (secondary N) is 3. The number of nitrogens with zero attached hydrogens (tertiary/aromatic N) is 2. The van der Waals surface area contributed by atoms with E-state index in [1.807, 2.05) is 26.2 Å². The number of rotatable bonds is 6. The fraction of sp³-hybridized carbons (Fsp3) is 0.500. The smallest absolute Gasteiger partial charge is 0.187 e. The summed E-state index contributed by atoms with van der Waals surface area (Å²) in [5.74, 6) is 0. The maximum atomic E-state index is 5.34. The Hall–Kier alpha value is -1.70. The molecule has 1 aromatic rings. The van der Waals surface area contributed by atoms with Crippen molar-refractivity contribution in [3.63, 3.8) is 0 Å². The highest BCUT2D eigenvalue weighted by molar-refractivity contribution is 7.80. The van der Waals surface area contributed by atoms with Crippen LogP contribution in [0, 0.1) is 0 Å². The molecule has 126 valence electrons. The maximum absolute atomic E-state index is 5.34. The molecule has 0 amide bonds. The highest BCUT2D eigenvalue weighted by Gasteiger charge is 2.12. The van der Waals surface area contributed by atoms with Gasteiger partial charge in [-0.1, -0.05) is 12.1 Å². The largest absolute Gasteiger partial charge is 0.378 e. The molecule has 0 spiro atoms. The van der Waals surface area contributed by atoms with Crippen LogP contribution in [0.5, 0.6) is 0 Å². The van der Waals surface area contributed by atoms with Crippen LogP contribution >= 0.6 is 12.2 Å². The van der Waals surface area contributed by atoms with Gasteiger partial charge in [-0.05, 0) is 29.9 Å². The monoisotopic (exact) mass is 336 g/mol. The Labute approximate surface area is 143 Å². The fourth-order valence-electron chi connectivity index (χ4n) is 2.33. The van der Waals surface area contributed by atoms with Crippen LogP contribution in [0.25, 0.3) is 0 Å². The number of hydrogen-bond acceptors (Lipinski definition) is 4. The Balaban J connectivity index is 1.65. The summed E-state index contributed by atoms with van der Waals surface area (Å²) >= 11 is 5.21. The molecule has 0 radical (unpaired) electrons. The summed E-state index contributed by atoms with van der Waals surface area (Å²) in [5, 5.41) is 7.90. The first-order chi connectivity index (χ1) is 11.1. The summed E-state index contributed by atoms with van der Waals surface area (Å²) in [6.07, 6.45) is 1.76. The molecule has 3 N–H and O–H groups in total. The van der Waals surface area contributed by atoms with E-state index >= 15 is 0 Å². The summed E-state index contributed by atoms with van der Waals surface area (Å²) in [4.78, 5) is 3.62. The number of hydrazone groups is 1. The molecule has 23 heavy (non-hydrogen) atoms. The van der Waals surface area contributed by atoms with Crippen molar-refractivity contribution in [3.8, 4) is 0 Å². The average molecular weight is 336 g/mol. The van der Waals surface area contributed by atoms with E-state index < -0.39 is 0 Å². The van der Waals surface area contributed by atoms with E-state index in [1.54, 1.807) is 11.1 Å². The summed E-state index contributed by atoms with van der Waals surface area (Å²) < 4.78 is 5.34. The molecule has 1 aliphatic rings. The van der Waals surface area contributed by atoms with E-state index in [9.17, 15) is 0 Å². The predicted octanol–water partition coefficient (Wildman–Crippen LogP) is -0.534. The lowest BCUT2D eigenvalue weighted by Gasteiger charge is -2.23. The van der Waals surface area contributed by atoms with Gasteiger partial charge in [-0.25, -0.2) is 0 Å². The molecule has 0 saturated carbocycles. The highest BCUT2D eigenvalue weighted by atomic mass is 32.1. The molecule has 2 rings (SSSR count). The molecule has 1 aliphatic heterocycles. The van der Waals surface area contributed by atoms with Crippen molar-refractivity contribution in [3.05, 3.63) is 29.8 Å². The van der Waals surface area contributed by atoms with Gasteiger partial charge in [0.25, 0.3) is 0 Å². The molecule has 0 unspecified atom stereocenters. The zero-order valence-corrected chi connectivity index (χ0v) is 14.7. The van der Waals surface area contributed by atoms with Gasteiger partial charge in [0.15, 0.2) is 5.11 Å². The molecular weight excluding hydrogens is 310 g/mol. The van der Waals surface area contributed by atoms with Crippen molar-refractivity contribution in [2.45, 2.75) is 0 Å². The van der Waals surface area contributed by atoms with Crippen LogP contribution in [0.3, 0.4) is 0 Å². The molecular formula is C16H26N5OS+. The second-order valence-electron chi connectivity index (χ2n) is 5.72. The first-order valence-corrected chi connectivity index (χ1v) is 8.31. The second kappa shape index (κ2) is 9.44. The molecule has 0 aromatic heterocycles. The van der Waals surface area contributed by atoms with Gasteiger partial charge in [0.2, 0.25) is 0 Å².